The molecule has 0 saturated heterocycles. The predicted molar refractivity (Wildman–Crippen MR) is 60.2 cm³/mol. The van der Waals surface area contributed by atoms with E-state index >= 15 is 0 Å². The molecular formula is C8H9BrN6O. The molecule has 0 unspecified atom stereocenters. The van der Waals surface area contributed by atoms with Crippen LogP contribution in [-0.4, -0.2) is 31.3 Å². The molecule has 0 bridgehead atoms. The molecule has 2 rings (SSSR count). The van der Waals surface area contributed by atoms with E-state index in [1.165, 1.54) is 10.9 Å². The second kappa shape index (κ2) is 4.44. The summed E-state index contributed by atoms with van der Waals surface area (Å²) in [5.41, 5.74) is 5.46. The van der Waals surface area contributed by atoms with Gasteiger partial charge in [0.2, 0.25) is 16.6 Å². The molecule has 2 N–H and O–H groups in total. The normalized spacial score (nSPS) is 10.4. The van der Waals surface area contributed by atoms with Gasteiger partial charge in [-0.1, -0.05) is 0 Å². The van der Waals surface area contributed by atoms with E-state index in [2.05, 4.69) is 36.0 Å². The van der Waals surface area contributed by atoms with E-state index in [9.17, 15) is 0 Å². The lowest BCUT2D eigenvalue weighted by molar-refractivity contribution is 0.324. The molecule has 7 nitrogen and oxygen atoms in total. The van der Waals surface area contributed by atoms with Gasteiger partial charge in [-0.15, -0.1) is 5.10 Å². The zero-order valence-corrected chi connectivity index (χ0v) is 10.0. The Balaban J connectivity index is 2.40. The molecule has 0 aliphatic carbocycles. The second-order valence-corrected chi connectivity index (χ2v) is 3.51. The van der Waals surface area contributed by atoms with E-state index < -0.39 is 0 Å². The Morgan fingerprint density at radius 2 is 2.25 bits per heavy atom. The van der Waals surface area contributed by atoms with Gasteiger partial charge in [0, 0.05) is 0 Å². The van der Waals surface area contributed by atoms with Gasteiger partial charge in [-0.05, 0) is 22.9 Å². The molecule has 0 aromatic carbocycles. The van der Waals surface area contributed by atoms with Crippen molar-refractivity contribution < 1.29 is 4.74 Å². The van der Waals surface area contributed by atoms with Gasteiger partial charge < -0.3 is 10.5 Å². The lowest BCUT2D eigenvalue weighted by atomic mass is 10.6. The fourth-order valence-electron chi connectivity index (χ4n) is 1.11. The average Bonchev–Trinajstić information content (AvgIpc) is 2.59. The third-order valence-corrected chi connectivity index (χ3v) is 2.21. The van der Waals surface area contributed by atoms with Crippen LogP contribution in [0, 0.1) is 0 Å². The molecular weight excluding hydrogens is 276 g/mol. The monoisotopic (exact) mass is 284 g/mol. The van der Waals surface area contributed by atoms with Crippen molar-refractivity contribution in [2.75, 3.05) is 12.3 Å². The highest BCUT2D eigenvalue weighted by Gasteiger charge is 2.09. The van der Waals surface area contributed by atoms with E-state index in [0.29, 0.717) is 23.0 Å². The fourth-order valence-corrected chi connectivity index (χ4v) is 1.55. The lowest BCUT2D eigenvalue weighted by Crippen LogP contribution is -2.04. The summed E-state index contributed by atoms with van der Waals surface area (Å²) in [7, 11) is 0. The third-order valence-electron chi connectivity index (χ3n) is 1.69. The molecule has 0 fully saturated rings. The molecule has 0 saturated carbocycles. The van der Waals surface area contributed by atoms with Gasteiger partial charge in [0.05, 0.1) is 19.0 Å². The Kier molecular flexibility index (Phi) is 3.00. The first-order valence-corrected chi connectivity index (χ1v) is 5.33. The average molecular weight is 285 g/mol. The molecule has 0 amide bonds. The molecule has 0 aliphatic heterocycles. The molecule has 0 atom stereocenters. The number of hydrogen-bond acceptors (Lipinski definition) is 6. The summed E-state index contributed by atoms with van der Waals surface area (Å²) in [4.78, 5) is 12.1. The first-order chi connectivity index (χ1) is 7.70. The molecule has 8 heteroatoms. The van der Waals surface area contributed by atoms with E-state index in [1.54, 1.807) is 6.20 Å². The quantitative estimate of drug-likeness (QED) is 0.896. The SMILES string of the molecule is CCOc1cncc(-n2nc(N)nc2Br)n1. The number of halogens is 1. The minimum Gasteiger partial charge on any atom is -0.477 e. The van der Waals surface area contributed by atoms with Crippen molar-refractivity contribution in [1.82, 2.24) is 24.7 Å². The van der Waals surface area contributed by atoms with Crippen molar-refractivity contribution in [3.63, 3.8) is 0 Å². The Hall–Kier alpha value is -1.70. The van der Waals surface area contributed by atoms with Crippen LogP contribution in [-0.2, 0) is 0 Å². The highest BCUT2D eigenvalue weighted by molar-refractivity contribution is 9.10. The van der Waals surface area contributed by atoms with Gasteiger partial charge in [-0.3, -0.25) is 4.98 Å². The number of hydrogen-bond donors (Lipinski definition) is 1. The number of nitrogen functional groups attached to an aromatic ring is 1. The Bertz CT molecular complexity index is 499. The first kappa shape index (κ1) is 10.8. The number of rotatable bonds is 3. The van der Waals surface area contributed by atoms with Gasteiger partial charge >= 0.3 is 0 Å². The maximum absolute atomic E-state index is 5.46. The van der Waals surface area contributed by atoms with Gasteiger partial charge in [0.15, 0.2) is 5.82 Å². The topological polar surface area (TPSA) is 91.7 Å². The number of nitrogens with zero attached hydrogens (tertiary/aromatic N) is 5. The maximum atomic E-state index is 5.46. The largest absolute Gasteiger partial charge is 0.477 e. The zero-order chi connectivity index (χ0) is 11.5. The maximum Gasteiger partial charge on any atom is 0.240 e. The molecule has 84 valence electrons. The van der Waals surface area contributed by atoms with Crippen LogP contribution in [0.1, 0.15) is 6.92 Å². The van der Waals surface area contributed by atoms with Crippen LogP contribution in [0.15, 0.2) is 17.1 Å². The van der Waals surface area contributed by atoms with E-state index in [4.69, 9.17) is 10.5 Å². The summed E-state index contributed by atoms with van der Waals surface area (Å²) in [5.74, 6) is 1.08. The predicted octanol–water partition coefficient (Wildman–Crippen LogP) is 0.801. The molecule has 0 spiro atoms. The number of nitrogens with two attached hydrogens (primary N) is 1. The summed E-state index contributed by atoms with van der Waals surface area (Å²) in [6, 6.07) is 0. The highest BCUT2D eigenvalue weighted by Crippen LogP contribution is 2.15. The molecule has 2 aromatic heterocycles. The van der Waals surface area contributed by atoms with E-state index in [-0.39, 0.29) is 5.95 Å². The molecule has 2 aromatic rings. The number of aromatic nitrogens is 5. The minimum absolute atomic E-state index is 0.162. The first-order valence-electron chi connectivity index (χ1n) is 4.54. The van der Waals surface area contributed by atoms with Crippen LogP contribution in [0.4, 0.5) is 5.95 Å². The Labute approximate surface area is 99.8 Å². The third kappa shape index (κ3) is 2.11. The van der Waals surface area contributed by atoms with Crippen molar-refractivity contribution in [3.05, 3.63) is 17.1 Å². The standard InChI is InChI=1S/C8H9BrN6O/c1-2-16-6-4-11-3-5(12-6)15-7(9)13-8(10)14-15/h3-4H,2H2,1H3,(H2,10,14). The molecule has 0 aliphatic rings. The van der Waals surface area contributed by atoms with Gasteiger partial charge in [0.1, 0.15) is 0 Å². The Morgan fingerprint density at radius 1 is 1.44 bits per heavy atom. The van der Waals surface area contributed by atoms with Crippen molar-refractivity contribution in [2.24, 2.45) is 0 Å². The van der Waals surface area contributed by atoms with E-state index in [0.717, 1.165) is 0 Å². The van der Waals surface area contributed by atoms with Crippen LogP contribution in [0.3, 0.4) is 0 Å². The minimum atomic E-state index is 0.162. The smallest absolute Gasteiger partial charge is 0.240 e. The van der Waals surface area contributed by atoms with Crippen molar-refractivity contribution in [2.45, 2.75) is 6.92 Å². The number of ether oxygens (including phenoxy) is 1. The summed E-state index contributed by atoms with van der Waals surface area (Å²) in [6.45, 7) is 2.40. The summed E-state index contributed by atoms with van der Waals surface area (Å²) < 4.78 is 7.13. The van der Waals surface area contributed by atoms with Crippen molar-refractivity contribution >= 4 is 21.9 Å². The van der Waals surface area contributed by atoms with Crippen LogP contribution < -0.4 is 10.5 Å². The Morgan fingerprint density at radius 3 is 2.88 bits per heavy atom. The summed E-state index contributed by atoms with van der Waals surface area (Å²) >= 11 is 3.22. The van der Waals surface area contributed by atoms with Crippen LogP contribution in [0.25, 0.3) is 5.82 Å². The molecule has 16 heavy (non-hydrogen) atoms. The highest BCUT2D eigenvalue weighted by atomic mass is 79.9. The summed E-state index contributed by atoms with van der Waals surface area (Å²) in [5, 5.41) is 3.96. The second-order valence-electron chi connectivity index (χ2n) is 2.80. The van der Waals surface area contributed by atoms with Crippen LogP contribution >= 0.6 is 15.9 Å². The van der Waals surface area contributed by atoms with E-state index in [1.807, 2.05) is 6.92 Å². The van der Waals surface area contributed by atoms with Gasteiger partial charge in [0.25, 0.3) is 0 Å². The van der Waals surface area contributed by atoms with Gasteiger partial charge in [-0.25, -0.2) is 0 Å². The number of anilines is 1. The van der Waals surface area contributed by atoms with Crippen molar-refractivity contribution in [3.8, 4) is 11.7 Å². The van der Waals surface area contributed by atoms with Crippen LogP contribution in [0.5, 0.6) is 5.88 Å². The fraction of sp³-hybridized carbons (Fsp3) is 0.250. The summed E-state index contributed by atoms with van der Waals surface area (Å²) in [6.07, 6.45) is 3.07. The van der Waals surface area contributed by atoms with Gasteiger partial charge in [-0.2, -0.15) is 14.6 Å². The van der Waals surface area contributed by atoms with Crippen LogP contribution in [0.2, 0.25) is 0 Å². The molecule has 0 radical (unpaired) electrons. The van der Waals surface area contributed by atoms with Crippen molar-refractivity contribution in [1.29, 1.82) is 0 Å². The molecule has 2 heterocycles. The zero-order valence-electron chi connectivity index (χ0n) is 8.46. The lowest BCUT2D eigenvalue weighted by Gasteiger charge is -2.03.